The molecule has 16 heavy (non-hydrogen) atoms. The van der Waals surface area contributed by atoms with Crippen molar-refractivity contribution in [1.29, 1.82) is 0 Å². The Bertz CT molecular complexity index is 397. The van der Waals surface area contributed by atoms with Crippen molar-refractivity contribution in [3.05, 3.63) is 28.5 Å². The van der Waals surface area contributed by atoms with Crippen molar-refractivity contribution in [3.8, 4) is 0 Å². The zero-order valence-corrected chi connectivity index (χ0v) is 9.21. The smallest absolute Gasteiger partial charge is 0.414 e. The molecule has 0 aliphatic rings. The van der Waals surface area contributed by atoms with Crippen LogP contribution in [0, 0.1) is 0 Å². The molecule has 0 aromatic carbocycles. The first kappa shape index (κ1) is 12.8. The van der Waals surface area contributed by atoms with Crippen LogP contribution >= 0.6 is 15.9 Å². The van der Waals surface area contributed by atoms with E-state index < -0.39 is 24.0 Å². The van der Waals surface area contributed by atoms with E-state index in [0.29, 0.717) is 4.47 Å². The van der Waals surface area contributed by atoms with Gasteiger partial charge in [-0.1, -0.05) is 15.9 Å². The number of carboxylic acid groups (broad SMARTS) is 1. The van der Waals surface area contributed by atoms with Gasteiger partial charge in [0, 0.05) is 10.7 Å². The highest BCUT2D eigenvalue weighted by molar-refractivity contribution is 9.10. The van der Waals surface area contributed by atoms with Crippen molar-refractivity contribution in [1.82, 2.24) is 10.3 Å². The van der Waals surface area contributed by atoms with E-state index in [1.807, 2.05) is 0 Å². The number of halogens is 4. The van der Waals surface area contributed by atoms with Gasteiger partial charge < -0.3 is 10.4 Å². The van der Waals surface area contributed by atoms with Crippen LogP contribution in [0.1, 0.15) is 11.7 Å². The minimum atomic E-state index is -4.73. The molecule has 8 heteroatoms. The highest BCUT2D eigenvalue weighted by Gasteiger charge is 2.43. The average molecular weight is 299 g/mol. The van der Waals surface area contributed by atoms with E-state index in [1.165, 1.54) is 11.4 Å². The summed E-state index contributed by atoms with van der Waals surface area (Å²) in [5.74, 6) is 0. The summed E-state index contributed by atoms with van der Waals surface area (Å²) in [7, 11) is 0. The summed E-state index contributed by atoms with van der Waals surface area (Å²) in [5, 5.41) is 9.70. The lowest BCUT2D eigenvalue weighted by Gasteiger charge is -2.19. The van der Waals surface area contributed by atoms with Crippen molar-refractivity contribution >= 4 is 22.0 Å². The van der Waals surface area contributed by atoms with Gasteiger partial charge in [-0.2, -0.15) is 13.2 Å². The van der Waals surface area contributed by atoms with Crippen LogP contribution in [-0.4, -0.2) is 22.4 Å². The number of amides is 1. The third kappa shape index (κ3) is 3.37. The van der Waals surface area contributed by atoms with E-state index in [0.717, 1.165) is 12.3 Å². The van der Waals surface area contributed by atoms with Crippen LogP contribution in [0.15, 0.2) is 22.8 Å². The average Bonchev–Trinajstić information content (AvgIpc) is 2.12. The van der Waals surface area contributed by atoms with Gasteiger partial charge in [0.15, 0.2) is 6.04 Å². The van der Waals surface area contributed by atoms with Gasteiger partial charge >= 0.3 is 12.3 Å². The molecule has 2 N–H and O–H groups in total. The molecular formula is C8H6BrF3N2O2. The van der Waals surface area contributed by atoms with Crippen LogP contribution < -0.4 is 5.32 Å². The van der Waals surface area contributed by atoms with Crippen molar-refractivity contribution in [2.24, 2.45) is 0 Å². The molecule has 1 unspecified atom stereocenters. The molecule has 1 rings (SSSR count). The Morgan fingerprint density at radius 2 is 2.19 bits per heavy atom. The number of alkyl halides is 3. The number of carbonyl (C=O) groups is 1. The first-order valence-electron chi connectivity index (χ1n) is 3.98. The maximum Gasteiger partial charge on any atom is 0.414 e. The zero-order chi connectivity index (χ0) is 12.3. The SMILES string of the molecule is O=C(O)NC(c1cc(Br)ccn1)C(F)(F)F. The van der Waals surface area contributed by atoms with Gasteiger partial charge in [-0.3, -0.25) is 4.98 Å². The van der Waals surface area contributed by atoms with Crippen LogP contribution in [0.3, 0.4) is 0 Å². The third-order valence-electron chi connectivity index (χ3n) is 1.63. The molecule has 4 nitrogen and oxygen atoms in total. The Morgan fingerprint density at radius 1 is 1.56 bits per heavy atom. The Balaban J connectivity index is 3.06. The van der Waals surface area contributed by atoms with Crippen molar-refractivity contribution in [2.45, 2.75) is 12.2 Å². The molecule has 0 aliphatic carbocycles. The van der Waals surface area contributed by atoms with Crippen LogP contribution in [0.25, 0.3) is 0 Å². The number of rotatable bonds is 2. The summed E-state index contributed by atoms with van der Waals surface area (Å²) < 4.78 is 37.9. The van der Waals surface area contributed by atoms with E-state index in [4.69, 9.17) is 5.11 Å². The van der Waals surface area contributed by atoms with Crippen LogP contribution in [0.4, 0.5) is 18.0 Å². The summed E-state index contributed by atoms with van der Waals surface area (Å²) in [4.78, 5) is 13.7. The Labute approximate surface area is 96.6 Å². The fourth-order valence-corrected chi connectivity index (χ4v) is 1.38. The lowest BCUT2D eigenvalue weighted by molar-refractivity contribution is -0.156. The first-order chi connectivity index (χ1) is 7.30. The molecule has 1 amide bonds. The molecule has 0 fully saturated rings. The van der Waals surface area contributed by atoms with E-state index in [2.05, 4.69) is 20.9 Å². The molecule has 88 valence electrons. The summed E-state index contributed by atoms with van der Waals surface area (Å²) in [6, 6.07) is 0.216. The van der Waals surface area contributed by atoms with Crippen LogP contribution in [0.2, 0.25) is 0 Å². The Hall–Kier alpha value is -1.31. The summed E-state index contributed by atoms with van der Waals surface area (Å²) in [6.07, 6.45) is -5.34. The van der Waals surface area contributed by atoms with E-state index in [-0.39, 0.29) is 0 Å². The number of hydrogen-bond acceptors (Lipinski definition) is 2. The topological polar surface area (TPSA) is 62.2 Å². The standard InChI is InChI=1S/C8H6BrF3N2O2/c9-4-1-2-13-5(3-4)6(8(10,11)12)14-7(15)16/h1-3,6,14H,(H,15,16). The van der Waals surface area contributed by atoms with Gasteiger partial charge in [0.05, 0.1) is 5.69 Å². The molecule has 0 aliphatic heterocycles. The molecule has 0 spiro atoms. The van der Waals surface area contributed by atoms with E-state index >= 15 is 0 Å². The third-order valence-corrected chi connectivity index (χ3v) is 2.13. The quantitative estimate of drug-likeness (QED) is 0.882. The predicted molar refractivity (Wildman–Crippen MR) is 51.9 cm³/mol. The molecule has 1 heterocycles. The monoisotopic (exact) mass is 298 g/mol. The fourth-order valence-electron chi connectivity index (χ4n) is 1.03. The maximum atomic E-state index is 12.5. The highest BCUT2D eigenvalue weighted by Crippen LogP contribution is 2.32. The van der Waals surface area contributed by atoms with Gasteiger partial charge in [-0.15, -0.1) is 0 Å². The molecule has 0 saturated carbocycles. The Morgan fingerprint density at radius 3 is 2.62 bits per heavy atom. The second-order valence-electron chi connectivity index (χ2n) is 2.82. The molecule has 1 atom stereocenters. The maximum absolute atomic E-state index is 12.5. The molecular weight excluding hydrogens is 293 g/mol. The number of aromatic nitrogens is 1. The van der Waals surface area contributed by atoms with Gasteiger partial charge in [0.25, 0.3) is 0 Å². The minimum absolute atomic E-state index is 0.388. The van der Waals surface area contributed by atoms with Gasteiger partial charge in [0.1, 0.15) is 0 Å². The molecule has 0 radical (unpaired) electrons. The molecule has 0 saturated heterocycles. The highest BCUT2D eigenvalue weighted by atomic mass is 79.9. The fraction of sp³-hybridized carbons (Fsp3) is 0.250. The van der Waals surface area contributed by atoms with Gasteiger partial charge in [-0.05, 0) is 12.1 Å². The first-order valence-corrected chi connectivity index (χ1v) is 4.77. The molecule has 1 aromatic rings. The second-order valence-corrected chi connectivity index (χ2v) is 3.74. The molecule has 1 aromatic heterocycles. The Kier molecular flexibility index (Phi) is 3.74. The molecule has 0 bridgehead atoms. The number of nitrogens with one attached hydrogen (secondary N) is 1. The van der Waals surface area contributed by atoms with Crippen molar-refractivity contribution in [3.63, 3.8) is 0 Å². The summed E-state index contributed by atoms with van der Waals surface area (Å²) >= 11 is 2.98. The lowest BCUT2D eigenvalue weighted by Crippen LogP contribution is -2.37. The number of pyridine rings is 1. The zero-order valence-electron chi connectivity index (χ0n) is 7.62. The minimum Gasteiger partial charge on any atom is -0.465 e. The predicted octanol–water partition coefficient (Wildman–Crippen LogP) is 2.72. The van der Waals surface area contributed by atoms with Crippen molar-refractivity contribution < 1.29 is 23.1 Å². The van der Waals surface area contributed by atoms with E-state index in [1.54, 1.807) is 0 Å². The van der Waals surface area contributed by atoms with E-state index in [9.17, 15) is 18.0 Å². The lowest BCUT2D eigenvalue weighted by atomic mass is 10.2. The second kappa shape index (κ2) is 4.69. The van der Waals surface area contributed by atoms with Gasteiger partial charge in [0.2, 0.25) is 0 Å². The number of hydrogen-bond donors (Lipinski definition) is 2. The normalized spacial score (nSPS) is 13.2. The van der Waals surface area contributed by atoms with Gasteiger partial charge in [-0.25, -0.2) is 4.79 Å². The summed E-state index contributed by atoms with van der Waals surface area (Å²) in [5.41, 5.74) is -0.413. The van der Waals surface area contributed by atoms with Crippen LogP contribution in [0.5, 0.6) is 0 Å². The largest absolute Gasteiger partial charge is 0.465 e. The van der Waals surface area contributed by atoms with Crippen molar-refractivity contribution in [2.75, 3.05) is 0 Å². The van der Waals surface area contributed by atoms with Crippen LogP contribution in [-0.2, 0) is 0 Å². The summed E-state index contributed by atoms with van der Waals surface area (Å²) in [6.45, 7) is 0. The number of nitrogens with zero attached hydrogens (tertiary/aromatic N) is 1.